The highest BCUT2D eigenvalue weighted by Gasteiger charge is 2.09. The van der Waals surface area contributed by atoms with Crippen molar-refractivity contribution >= 4 is 11.0 Å². The van der Waals surface area contributed by atoms with Crippen molar-refractivity contribution in [2.75, 3.05) is 0 Å². The topological polar surface area (TPSA) is 28.7 Å². The van der Waals surface area contributed by atoms with E-state index >= 15 is 0 Å². The van der Waals surface area contributed by atoms with Crippen LogP contribution in [0.2, 0.25) is 0 Å². The summed E-state index contributed by atoms with van der Waals surface area (Å²) in [6.07, 6.45) is 0. The van der Waals surface area contributed by atoms with E-state index in [0.29, 0.717) is 11.4 Å². The first-order valence-corrected chi connectivity index (χ1v) is 7.61. The van der Waals surface area contributed by atoms with Gasteiger partial charge in [0.05, 0.1) is 11.0 Å². The van der Waals surface area contributed by atoms with Gasteiger partial charge in [0.25, 0.3) is 0 Å². The summed E-state index contributed by atoms with van der Waals surface area (Å²) in [5.74, 6) is 6.51. The highest BCUT2D eigenvalue weighted by molar-refractivity contribution is 5.80. The number of para-hydroxylation sites is 2. The van der Waals surface area contributed by atoms with Crippen molar-refractivity contribution in [3.63, 3.8) is 0 Å². The predicted octanol–water partition coefficient (Wildman–Crippen LogP) is 4.77. The summed E-state index contributed by atoms with van der Waals surface area (Å²) >= 11 is 0. The highest BCUT2D eigenvalue weighted by atomic mass is 19.1. The van der Waals surface area contributed by atoms with Crippen LogP contribution in [0.5, 0.6) is 0 Å². The van der Waals surface area contributed by atoms with Crippen LogP contribution in [0.1, 0.15) is 11.1 Å². The zero-order valence-electron chi connectivity index (χ0n) is 12.8. The molecule has 4 rings (SSSR count). The van der Waals surface area contributed by atoms with E-state index in [-0.39, 0.29) is 5.82 Å². The van der Waals surface area contributed by atoms with Crippen molar-refractivity contribution in [2.45, 2.75) is 0 Å². The zero-order valence-corrected chi connectivity index (χ0v) is 12.8. The molecule has 0 fully saturated rings. The smallest absolute Gasteiger partial charge is 0.139 e. The van der Waals surface area contributed by atoms with Crippen molar-refractivity contribution in [1.82, 2.24) is 9.97 Å². The van der Waals surface area contributed by atoms with Crippen molar-refractivity contribution in [3.8, 4) is 23.2 Å². The Morgan fingerprint density at radius 3 is 2.46 bits per heavy atom. The average molecular weight is 312 g/mol. The molecule has 1 N–H and O–H groups in total. The second-order valence-corrected chi connectivity index (χ2v) is 5.41. The molecule has 24 heavy (non-hydrogen) atoms. The maximum Gasteiger partial charge on any atom is 0.139 e. The molecule has 0 amide bonds. The Morgan fingerprint density at radius 1 is 0.833 bits per heavy atom. The maximum atomic E-state index is 13.7. The third-order valence-corrected chi connectivity index (χ3v) is 3.74. The van der Waals surface area contributed by atoms with Crippen LogP contribution < -0.4 is 0 Å². The predicted molar refractivity (Wildman–Crippen MR) is 93.9 cm³/mol. The van der Waals surface area contributed by atoms with E-state index in [9.17, 15) is 4.39 Å². The summed E-state index contributed by atoms with van der Waals surface area (Å²) < 4.78 is 13.7. The lowest BCUT2D eigenvalue weighted by atomic mass is 10.1. The Hall–Kier alpha value is -3.38. The molecular formula is C21H13FN2. The van der Waals surface area contributed by atoms with Crippen LogP contribution >= 0.6 is 0 Å². The number of nitrogens with zero attached hydrogens (tertiary/aromatic N) is 1. The number of rotatable bonds is 1. The molecule has 4 aromatic rings. The van der Waals surface area contributed by atoms with E-state index in [1.54, 1.807) is 6.07 Å². The average Bonchev–Trinajstić information content (AvgIpc) is 3.05. The minimum atomic E-state index is -0.313. The molecule has 1 heterocycles. The van der Waals surface area contributed by atoms with E-state index in [1.165, 1.54) is 12.1 Å². The number of hydrogen-bond acceptors (Lipinski definition) is 1. The van der Waals surface area contributed by atoms with Gasteiger partial charge >= 0.3 is 0 Å². The van der Waals surface area contributed by atoms with Crippen LogP contribution in [0, 0.1) is 17.7 Å². The molecule has 0 aliphatic heterocycles. The first-order valence-electron chi connectivity index (χ1n) is 7.61. The zero-order chi connectivity index (χ0) is 16.4. The summed E-state index contributed by atoms with van der Waals surface area (Å²) in [6, 6.07) is 22.0. The number of aromatic nitrogens is 2. The number of fused-ring (bicyclic) bond motifs is 1. The summed E-state index contributed by atoms with van der Waals surface area (Å²) in [6.45, 7) is 0. The highest BCUT2D eigenvalue weighted by Crippen LogP contribution is 2.24. The van der Waals surface area contributed by atoms with Gasteiger partial charge in [-0.1, -0.05) is 42.2 Å². The van der Waals surface area contributed by atoms with Crippen molar-refractivity contribution in [1.29, 1.82) is 0 Å². The third-order valence-electron chi connectivity index (χ3n) is 3.74. The van der Waals surface area contributed by atoms with Gasteiger partial charge in [-0.15, -0.1) is 0 Å². The van der Waals surface area contributed by atoms with Gasteiger partial charge in [0.1, 0.15) is 11.6 Å². The Kier molecular flexibility index (Phi) is 3.57. The fourth-order valence-electron chi connectivity index (χ4n) is 2.57. The SMILES string of the molecule is Fc1ccc(-c2nc3ccccc3[nH]2)c(C#Cc2ccccc2)c1. The molecule has 0 radical (unpaired) electrons. The summed E-state index contributed by atoms with van der Waals surface area (Å²) in [5, 5.41) is 0. The molecule has 1 aromatic heterocycles. The van der Waals surface area contributed by atoms with Gasteiger partial charge in [-0.25, -0.2) is 9.37 Å². The fraction of sp³-hybridized carbons (Fsp3) is 0. The molecule has 0 spiro atoms. The Morgan fingerprint density at radius 2 is 1.62 bits per heavy atom. The minimum Gasteiger partial charge on any atom is -0.338 e. The maximum absolute atomic E-state index is 13.7. The first-order chi connectivity index (χ1) is 11.8. The van der Waals surface area contributed by atoms with Crippen LogP contribution in [0.4, 0.5) is 4.39 Å². The van der Waals surface area contributed by atoms with E-state index in [2.05, 4.69) is 21.8 Å². The summed E-state index contributed by atoms with van der Waals surface area (Å²) in [7, 11) is 0. The van der Waals surface area contributed by atoms with Crippen molar-refractivity contribution < 1.29 is 4.39 Å². The minimum absolute atomic E-state index is 0.313. The fourth-order valence-corrected chi connectivity index (χ4v) is 2.57. The van der Waals surface area contributed by atoms with Gasteiger partial charge in [0, 0.05) is 16.7 Å². The number of hydrogen-bond donors (Lipinski definition) is 1. The largest absolute Gasteiger partial charge is 0.338 e. The van der Waals surface area contributed by atoms with Crippen LogP contribution in [0.25, 0.3) is 22.4 Å². The van der Waals surface area contributed by atoms with Crippen LogP contribution in [0.3, 0.4) is 0 Å². The quantitative estimate of drug-likeness (QED) is 0.504. The number of halogens is 1. The molecule has 0 bridgehead atoms. The molecule has 0 saturated carbocycles. The van der Waals surface area contributed by atoms with E-state index in [0.717, 1.165) is 22.2 Å². The summed E-state index contributed by atoms with van der Waals surface area (Å²) in [4.78, 5) is 7.85. The van der Waals surface area contributed by atoms with Gasteiger partial charge in [0.2, 0.25) is 0 Å². The standard InChI is InChI=1S/C21H13FN2/c22-17-12-13-18(21-23-19-8-4-5-9-20(19)24-21)16(14-17)11-10-15-6-2-1-3-7-15/h1-9,12-14H,(H,23,24). The first kappa shape index (κ1) is 14.2. The Balaban J connectivity index is 1.83. The molecular weight excluding hydrogens is 299 g/mol. The molecule has 2 nitrogen and oxygen atoms in total. The van der Waals surface area contributed by atoms with Crippen LogP contribution in [-0.4, -0.2) is 9.97 Å². The molecule has 114 valence electrons. The second kappa shape index (κ2) is 6.02. The number of benzene rings is 3. The van der Waals surface area contributed by atoms with Crippen molar-refractivity contribution in [3.05, 3.63) is 89.7 Å². The number of imidazole rings is 1. The lowest BCUT2D eigenvalue weighted by molar-refractivity contribution is 0.627. The number of H-pyrrole nitrogens is 1. The molecule has 3 heteroatoms. The third kappa shape index (κ3) is 2.78. The number of nitrogens with one attached hydrogen (secondary N) is 1. The van der Waals surface area contributed by atoms with Gasteiger partial charge in [-0.3, -0.25) is 0 Å². The number of aromatic amines is 1. The van der Waals surface area contributed by atoms with Crippen molar-refractivity contribution in [2.24, 2.45) is 0 Å². The lowest BCUT2D eigenvalue weighted by Crippen LogP contribution is -1.88. The molecule has 0 aliphatic carbocycles. The van der Waals surface area contributed by atoms with E-state index < -0.39 is 0 Å². The van der Waals surface area contributed by atoms with Gasteiger partial charge in [-0.2, -0.15) is 0 Å². The monoisotopic (exact) mass is 312 g/mol. The normalized spacial score (nSPS) is 10.4. The van der Waals surface area contributed by atoms with Gasteiger partial charge < -0.3 is 4.98 Å². The molecule has 3 aromatic carbocycles. The molecule has 0 aliphatic rings. The molecule has 0 unspecified atom stereocenters. The van der Waals surface area contributed by atoms with E-state index in [1.807, 2.05) is 54.6 Å². The van der Waals surface area contributed by atoms with Gasteiger partial charge in [-0.05, 0) is 42.5 Å². The van der Waals surface area contributed by atoms with Gasteiger partial charge in [0.15, 0.2) is 0 Å². The second-order valence-electron chi connectivity index (χ2n) is 5.41. The molecule has 0 saturated heterocycles. The summed E-state index contributed by atoms with van der Waals surface area (Å²) in [5.41, 5.74) is 4.10. The van der Waals surface area contributed by atoms with Crippen LogP contribution in [0.15, 0.2) is 72.8 Å². The Labute approximate surface area is 139 Å². The van der Waals surface area contributed by atoms with E-state index in [4.69, 9.17) is 0 Å². The lowest BCUT2D eigenvalue weighted by Gasteiger charge is -2.01. The molecule has 0 atom stereocenters. The Bertz CT molecular complexity index is 1040. The van der Waals surface area contributed by atoms with Crippen LogP contribution in [-0.2, 0) is 0 Å².